The molecule has 0 radical (unpaired) electrons. The van der Waals surface area contributed by atoms with Crippen LogP contribution in [0.3, 0.4) is 0 Å². The standard InChI is InChI=1S/C10H21NO3S/c1-2-6-10(15(12,13)14)11-9-7-4-3-5-8-9/h9-11H,2-8H2,1H3,(H,12,13,14). The zero-order valence-electron chi connectivity index (χ0n) is 9.28. The second-order valence-electron chi connectivity index (χ2n) is 4.29. The summed E-state index contributed by atoms with van der Waals surface area (Å²) in [7, 11) is -3.94. The van der Waals surface area contributed by atoms with Gasteiger partial charge in [0.2, 0.25) is 0 Å². The lowest BCUT2D eigenvalue weighted by Gasteiger charge is -2.26. The molecule has 0 aromatic rings. The number of nitrogens with one attached hydrogen (secondary N) is 1. The Hall–Kier alpha value is -0.130. The van der Waals surface area contributed by atoms with Crippen LogP contribution in [0.15, 0.2) is 0 Å². The zero-order chi connectivity index (χ0) is 11.3. The van der Waals surface area contributed by atoms with E-state index >= 15 is 0 Å². The maximum absolute atomic E-state index is 11.1. The Balaban J connectivity index is 2.50. The molecule has 1 unspecified atom stereocenters. The first kappa shape index (κ1) is 12.9. The van der Waals surface area contributed by atoms with Crippen LogP contribution >= 0.6 is 0 Å². The summed E-state index contributed by atoms with van der Waals surface area (Å²) in [4.78, 5) is 0. The van der Waals surface area contributed by atoms with Gasteiger partial charge in [0.1, 0.15) is 5.37 Å². The van der Waals surface area contributed by atoms with Crippen molar-refractivity contribution in [3.8, 4) is 0 Å². The van der Waals surface area contributed by atoms with Gasteiger partial charge in [0, 0.05) is 6.04 Å². The van der Waals surface area contributed by atoms with Gasteiger partial charge in [-0.2, -0.15) is 8.42 Å². The molecule has 1 atom stereocenters. The van der Waals surface area contributed by atoms with Crippen molar-refractivity contribution in [2.45, 2.75) is 63.3 Å². The second-order valence-corrected chi connectivity index (χ2v) is 5.89. The van der Waals surface area contributed by atoms with Gasteiger partial charge in [-0.05, 0) is 19.3 Å². The van der Waals surface area contributed by atoms with Crippen LogP contribution in [0.5, 0.6) is 0 Å². The summed E-state index contributed by atoms with van der Waals surface area (Å²) in [5, 5.41) is 2.29. The Morgan fingerprint density at radius 1 is 1.33 bits per heavy atom. The van der Waals surface area contributed by atoms with Gasteiger partial charge in [0.05, 0.1) is 0 Å². The van der Waals surface area contributed by atoms with Crippen LogP contribution in [0.25, 0.3) is 0 Å². The predicted molar refractivity (Wildman–Crippen MR) is 60.3 cm³/mol. The fourth-order valence-corrected chi connectivity index (χ4v) is 3.01. The normalized spacial score (nSPS) is 21.5. The Kier molecular flexibility index (Phi) is 5.02. The van der Waals surface area contributed by atoms with Gasteiger partial charge < -0.3 is 0 Å². The fourth-order valence-electron chi connectivity index (χ4n) is 2.11. The quantitative estimate of drug-likeness (QED) is 0.714. The molecule has 1 rings (SSSR count). The Morgan fingerprint density at radius 2 is 1.93 bits per heavy atom. The van der Waals surface area contributed by atoms with Crippen molar-refractivity contribution in [3.05, 3.63) is 0 Å². The van der Waals surface area contributed by atoms with Gasteiger partial charge in [-0.15, -0.1) is 0 Å². The van der Waals surface area contributed by atoms with Gasteiger partial charge in [-0.1, -0.05) is 32.6 Å². The largest absolute Gasteiger partial charge is 0.296 e. The molecule has 1 saturated carbocycles. The molecule has 0 saturated heterocycles. The van der Waals surface area contributed by atoms with E-state index in [4.69, 9.17) is 4.55 Å². The summed E-state index contributed by atoms with van der Waals surface area (Å²) >= 11 is 0. The van der Waals surface area contributed by atoms with E-state index in [0.717, 1.165) is 32.1 Å². The van der Waals surface area contributed by atoms with Gasteiger partial charge >= 0.3 is 0 Å². The Morgan fingerprint density at radius 3 is 2.40 bits per heavy atom. The summed E-state index contributed by atoms with van der Waals surface area (Å²) < 4.78 is 31.2. The van der Waals surface area contributed by atoms with E-state index in [9.17, 15) is 8.42 Å². The lowest BCUT2D eigenvalue weighted by molar-refractivity contribution is 0.344. The third-order valence-corrected chi connectivity index (χ3v) is 4.03. The predicted octanol–water partition coefficient (Wildman–Crippen LogP) is 1.92. The van der Waals surface area contributed by atoms with E-state index in [0.29, 0.717) is 6.42 Å². The Bertz CT molecular complexity index is 270. The molecule has 0 aromatic carbocycles. The highest BCUT2D eigenvalue weighted by molar-refractivity contribution is 7.86. The van der Waals surface area contributed by atoms with Crippen molar-refractivity contribution in [2.75, 3.05) is 0 Å². The van der Waals surface area contributed by atoms with Crippen LogP contribution in [0.4, 0.5) is 0 Å². The Labute approximate surface area is 92.2 Å². The van der Waals surface area contributed by atoms with Crippen LogP contribution in [0.2, 0.25) is 0 Å². The van der Waals surface area contributed by atoms with E-state index in [1.54, 1.807) is 0 Å². The highest BCUT2D eigenvalue weighted by Crippen LogP contribution is 2.19. The minimum absolute atomic E-state index is 0.261. The highest BCUT2D eigenvalue weighted by Gasteiger charge is 2.25. The molecular weight excluding hydrogens is 214 g/mol. The summed E-state index contributed by atoms with van der Waals surface area (Å²) in [5.41, 5.74) is 0. The number of rotatable bonds is 5. The smallest absolute Gasteiger partial charge is 0.281 e. The molecule has 0 bridgehead atoms. The summed E-state index contributed by atoms with van der Waals surface area (Å²) in [6, 6.07) is 0.261. The van der Waals surface area contributed by atoms with E-state index in [2.05, 4.69) is 5.32 Å². The molecule has 0 heterocycles. The lowest BCUT2D eigenvalue weighted by atomic mass is 9.95. The summed E-state index contributed by atoms with van der Waals surface area (Å²) in [6.07, 6.45) is 6.83. The van der Waals surface area contributed by atoms with Gasteiger partial charge in [0.25, 0.3) is 10.1 Å². The zero-order valence-corrected chi connectivity index (χ0v) is 10.1. The van der Waals surface area contributed by atoms with E-state index in [1.807, 2.05) is 6.92 Å². The molecule has 0 spiro atoms. The second kappa shape index (κ2) is 5.82. The maximum atomic E-state index is 11.1. The van der Waals surface area contributed by atoms with Crippen LogP contribution in [-0.2, 0) is 10.1 Å². The SMILES string of the molecule is CCCC(NC1CCCCC1)S(=O)(=O)O. The van der Waals surface area contributed by atoms with Crippen molar-refractivity contribution in [1.29, 1.82) is 0 Å². The first-order valence-electron chi connectivity index (χ1n) is 5.76. The van der Waals surface area contributed by atoms with E-state index in [1.165, 1.54) is 6.42 Å². The molecular formula is C10H21NO3S. The first-order chi connectivity index (χ1) is 7.04. The van der Waals surface area contributed by atoms with Crippen molar-refractivity contribution in [2.24, 2.45) is 0 Å². The molecule has 5 heteroatoms. The summed E-state index contributed by atoms with van der Waals surface area (Å²) in [5.74, 6) is 0. The van der Waals surface area contributed by atoms with Crippen LogP contribution < -0.4 is 5.32 Å². The van der Waals surface area contributed by atoms with Crippen molar-refractivity contribution >= 4 is 10.1 Å². The van der Waals surface area contributed by atoms with E-state index < -0.39 is 15.5 Å². The third-order valence-electron chi connectivity index (χ3n) is 2.94. The summed E-state index contributed by atoms with van der Waals surface area (Å²) in [6.45, 7) is 1.92. The topological polar surface area (TPSA) is 66.4 Å². The van der Waals surface area contributed by atoms with Gasteiger partial charge in [-0.25, -0.2) is 0 Å². The molecule has 0 amide bonds. The molecule has 4 nitrogen and oxygen atoms in total. The molecule has 1 fully saturated rings. The molecule has 15 heavy (non-hydrogen) atoms. The third kappa shape index (κ3) is 4.49. The van der Waals surface area contributed by atoms with Crippen molar-refractivity contribution in [3.63, 3.8) is 0 Å². The molecule has 1 aliphatic rings. The van der Waals surface area contributed by atoms with Crippen LogP contribution in [0.1, 0.15) is 51.9 Å². The molecule has 90 valence electrons. The number of hydrogen-bond donors (Lipinski definition) is 2. The maximum Gasteiger partial charge on any atom is 0.281 e. The highest BCUT2D eigenvalue weighted by atomic mass is 32.2. The van der Waals surface area contributed by atoms with Crippen LogP contribution in [-0.4, -0.2) is 24.4 Å². The molecule has 0 aromatic heterocycles. The fraction of sp³-hybridized carbons (Fsp3) is 1.00. The van der Waals surface area contributed by atoms with Gasteiger partial charge in [0.15, 0.2) is 0 Å². The number of hydrogen-bond acceptors (Lipinski definition) is 3. The first-order valence-corrected chi connectivity index (χ1v) is 7.26. The van der Waals surface area contributed by atoms with Crippen LogP contribution in [0, 0.1) is 0 Å². The monoisotopic (exact) mass is 235 g/mol. The molecule has 1 aliphatic carbocycles. The average Bonchev–Trinajstić information content (AvgIpc) is 2.17. The minimum atomic E-state index is -3.94. The van der Waals surface area contributed by atoms with Crippen molar-refractivity contribution in [1.82, 2.24) is 5.32 Å². The van der Waals surface area contributed by atoms with Gasteiger partial charge in [-0.3, -0.25) is 9.87 Å². The minimum Gasteiger partial charge on any atom is -0.296 e. The average molecular weight is 235 g/mol. The molecule has 0 aliphatic heterocycles. The lowest BCUT2D eigenvalue weighted by Crippen LogP contribution is -2.43. The van der Waals surface area contributed by atoms with Crippen molar-refractivity contribution < 1.29 is 13.0 Å². The molecule has 2 N–H and O–H groups in total. The van der Waals surface area contributed by atoms with E-state index in [-0.39, 0.29) is 6.04 Å².